The van der Waals surface area contributed by atoms with Crippen molar-refractivity contribution in [1.29, 1.82) is 0 Å². The maximum Gasteiger partial charge on any atom is 0.341 e. The maximum absolute atomic E-state index is 12.2. The van der Waals surface area contributed by atoms with E-state index in [0.717, 1.165) is 16.5 Å². The van der Waals surface area contributed by atoms with E-state index in [4.69, 9.17) is 9.47 Å². The van der Waals surface area contributed by atoms with E-state index in [2.05, 4.69) is 5.32 Å². The molecule has 2 aromatic rings. The number of carbonyl (C=O) groups is 3. The zero-order chi connectivity index (χ0) is 21.6. The van der Waals surface area contributed by atoms with Crippen LogP contribution in [0.2, 0.25) is 0 Å². The van der Waals surface area contributed by atoms with Crippen molar-refractivity contribution < 1.29 is 28.8 Å². The number of hydrogen-bond donors (Lipinski definition) is 1. The Morgan fingerprint density at radius 3 is 2.52 bits per heavy atom. The lowest BCUT2D eigenvalue weighted by atomic mass is 10.1. The van der Waals surface area contributed by atoms with E-state index in [0.29, 0.717) is 11.4 Å². The molecule has 1 aromatic heterocycles. The lowest BCUT2D eigenvalue weighted by Gasteiger charge is -2.08. The molecule has 29 heavy (non-hydrogen) atoms. The number of thiophene rings is 1. The van der Waals surface area contributed by atoms with Gasteiger partial charge in [0.2, 0.25) is 0 Å². The Labute approximate surface area is 170 Å². The molecule has 154 valence electrons. The summed E-state index contributed by atoms with van der Waals surface area (Å²) in [5.41, 5.74) is 0.718. The summed E-state index contributed by atoms with van der Waals surface area (Å²) in [5.74, 6) is -2.05. The number of ether oxygens (including phenoxy) is 2. The molecule has 1 heterocycles. The van der Waals surface area contributed by atoms with Gasteiger partial charge in [-0.2, -0.15) is 0 Å². The average Bonchev–Trinajstić information content (AvgIpc) is 3.01. The van der Waals surface area contributed by atoms with Crippen molar-refractivity contribution in [3.8, 4) is 0 Å². The van der Waals surface area contributed by atoms with E-state index in [9.17, 15) is 24.5 Å². The average molecular weight is 420 g/mol. The third-order valence-corrected chi connectivity index (χ3v) is 5.28. The Hall–Kier alpha value is -3.27. The van der Waals surface area contributed by atoms with Gasteiger partial charge in [-0.15, -0.1) is 11.3 Å². The van der Waals surface area contributed by atoms with E-state index in [1.54, 1.807) is 13.8 Å². The zero-order valence-corrected chi connectivity index (χ0v) is 17.0. The van der Waals surface area contributed by atoms with E-state index in [-0.39, 0.29) is 23.4 Å². The molecular weight excluding hydrogens is 400 g/mol. The van der Waals surface area contributed by atoms with Crippen molar-refractivity contribution in [2.75, 3.05) is 18.5 Å². The number of aryl methyl sites for hydroxylation is 1. The van der Waals surface area contributed by atoms with Crippen LogP contribution >= 0.6 is 11.3 Å². The second-order valence-corrected chi connectivity index (χ2v) is 6.97. The van der Waals surface area contributed by atoms with Crippen LogP contribution in [-0.2, 0) is 20.7 Å². The minimum Gasteiger partial charge on any atom is -0.462 e. The number of hydrogen-bond acceptors (Lipinski definition) is 8. The van der Waals surface area contributed by atoms with Gasteiger partial charge in [0.25, 0.3) is 11.6 Å². The van der Waals surface area contributed by atoms with Crippen LogP contribution in [0.1, 0.15) is 45.0 Å². The second kappa shape index (κ2) is 9.78. The van der Waals surface area contributed by atoms with Gasteiger partial charge in [-0.05, 0) is 31.9 Å². The Morgan fingerprint density at radius 2 is 1.90 bits per heavy atom. The fourth-order valence-electron chi connectivity index (χ4n) is 2.56. The van der Waals surface area contributed by atoms with E-state index >= 15 is 0 Å². The van der Waals surface area contributed by atoms with Gasteiger partial charge in [-0.25, -0.2) is 9.59 Å². The van der Waals surface area contributed by atoms with E-state index in [1.165, 1.54) is 29.5 Å². The number of anilines is 1. The maximum atomic E-state index is 12.2. The topological polar surface area (TPSA) is 125 Å². The Morgan fingerprint density at radius 1 is 1.17 bits per heavy atom. The Bertz CT molecular complexity index is 952. The molecule has 10 heteroatoms. The van der Waals surface area contributed by atoms with Crippen LogP contribution in [0.5, 0.6) is 0 Å². The van der Waals surface area contributed by atoms with Gasteiger partial charge in [0.05, 0.1) is 22.7 Å². The first kappa shape index (κ1) is 22.0. The number of nitrogens with zero attached hydrogens (tertiary/aromatic N) is 1. The van der Waals surface area contributed by atoms with Gasteiger partial charge in [-0.1, -0.05) is 13.0 Å². The molecule has 0 radical (unpaired) electrons. The first-order chi connectivity index (χ1) is 13.8. The number of nitro benzene ring substituents is 1. The second-order valence-electron chi connectivity index (χ2n) is 5.86. The van der Waals surface area contributed by atoms with Gasteiger partial charge in [0.15, 0.2) is 6.61 Å². The van der Waals surface area contributed by atoms with Crippen molar-refractivity contribution in [3.63, 3.8) is 0 Å². The number of non-ortho nitro benzene ring substituents is 1. The SMILES string of the molecule is CCOC(=O)c1c(NC(=O)COC(=O)c2cccc([N+](=O)[O-])c2)sc(CC)c1C. The molecule has 0 fully saturated rings. The molecular formula is C19H20N2O7S. The molecule has 9 nitrogen and oxygen atoms in total. The van der Waals surface area contributed by atoms with Gasteiger partial charge in [0.1, 0.15) is 5.00 Å². The monoisotopic (exact) mass is 420 g/mol. The number of nitrogens with one attached hydrogen (secondary N) is 1. The number of nitro groups is 1. The number of esters is 2. The highest BCUT2D eigenvalue weighted by Gasteiger charge is 2.23. The smallest absolute Gasteiger partial charge is 0.341 e. The van der Waals surface area contributed by atoms with Crippen molar-refractivity contribution in [3.05, 3.63) is 55.9 Å². The number of benzene rings is 1. The minimum atomic E-state index is -0.869. The molecule has 1 amide bonds. The van der Waals surface area contributed by atoms with Gasteiger partial charge in [0, 0.05) is 17.0 Å². The van der Waals surface area contributed by atoms with Crippen LogP contribution in [0.3, 0.4) is 0 Å². The van der Waals surface area contributed by atoms with Crippen LogP contribution in [-0.4, -0.2) is 36.0 Å². The highest BCUT2D eigenvalue weighted by Crippen LogP contribution is 2.34. The van der Waals surface area contributed by atoms with Crippen molar-refractivity contribution in [1.82, 2.24) is 0 Å². The van der Waals surface area contributed by atoms with Gasteiger partial charge < -0.3 is 14.8 Å². The summed E-state index contributed by atoms with van der Waals surface area (Å²) in [5, 5.41) is 13.7. The standard InChI is InChI=1S/C19H20N2O7S/c1-4-14-11(3)16(19(24)27-5-2)17(29-14)20-15(22)10-28-18(23)12-7-6-8-13(9-12)21(25)26/h6-9H,4-5,10H2,1-3H3,(H,20,22). The van der Waals surface area contributed by atoms with Crippen LogP contribution in [0, 0.1) is 17.0 Å². The number of amides is 1. The third-order valence-electron chi connectivity index (χ3n) is 3.93. The largest absolute Gasteiger partial charge is 0.462 e. The van der Waals surface area contributed by atoms with E-state index < -0.39 is 29.4 Å². The van der Waals surface area contributed by atoms with E-state index in [1.807, 2.05) is 6.92 Å². The molecule has 0 saturated heterocycles. The van der Waals surface area contributed by atoms with Crippen molar-refractivity contribution >= 4 is 39.9 Å². The summed E-state index contributed by atoms with van der Waals surface area (Å²) in [6, 6.07) is 5.00. The Balaban J connectivity index is 2.07. The van der Waals surface area contributed by atoms with Gasteiger partial charge >= 0.3 is 11.9 Å². The number of rotatable bonds is 8. The Kier molecular flexibility index (Phi) is 7.43. The number of carbonyl (C=O) groups excluding carboxylic acids is 3. The predicted octanol–water partition coefficient (Wildman–Crippen LogP) is 3.50. The molecule has 0 saturated carbocycles. The quantitative estimate of drug-likeness (QED) is 0.393. The lowest BCUT2D eigenvalue weighted by molar-refractivity contribution is -0.384. The first-order valence-corrected chi connectivity index (χ1v) is 9.60. The summed E-state index contributed by atoms with van der Waals surface area (Å²) in [4.78, 5) is 47.6. The normalized spacial score (nSPS) is 10.3. The van der Waals surface area contributed by atoms with Crippen LogP contribution in [0.25, 0.3) is 0 Å². The highest BCUT2D eigenvalue weighted by molar-refractivity contribution is 7.17. The van der Waals surface area contributed by atoms with Crippen molar-refractivity contribution in [2.24, 2.45) is 0 Å². The summed E-state index contributed by atoms with van der Waals surface area (Å²) in [6.45, 7) is 4.98. The molecule has 0 unspecified atom stereocenters. The zero-order valence-electron chi connectivity index (χ0n) is 16.1. The first-order valence-electron chi connectivity index (χ1n) is 8.79. The summed E-state index contributed by atoms with van der Waals surface area (Å²) < 4.78 is 9.97. The molecule has 0 spiro atoms. The molecule has 1 N–H and O–H groups in total. The predicted molar refractivity (Wildman–Crippen MR) is 106 cm³/mol. The molecule has 2 rings (SSSR count). The van der Waals surface area contributed by atoms with Crippen LogP contribution in [0.4, 0.5) is 10.7 Å². The third kappa shape index (κ3) is 5.38. The molecule has 0 aliphatic carbocycles. The lowest BCUT2D eigenvalue weighted by Crippen LogP contribution is -2.21. The molecule has 0 atom stereocenters. The van der Waals surface area contributed by atoms with Crippen LogP contribution < -0.4 is 5.32 Å². The summed E-state index contributed by atoms with van der Waals surface area (Å²) >= 11 is 1.26. The van der Waals surface area contributed by atoms with Crippen molar-refractivity contribution in [2.45, 2.75) is 27.2 Å². The minimum absolute atomic E-state index is 0.0422. The fraction of sp³-hybridized carbons (Fsp3) is 0.316. The summed E-state index contributed by atoms with van der Waals surface area (Å²) in [7, 11) is 0. The summed E-state index contributed by atoms with van der Waals surface area (Å²) in [6.07, 6.45) is 0.681. The van der Waals surface area contributed by atoms with Crippen LogP contribution in [0.15, 0.2) is 24.3 Å². The highest BCUT2D eigenvalue weighted by atomic mass is 32.1. The molecule has 0 aliphatic heterocycles. The molecule has 0 aliphatic rings. The molecule has 1 aromatic carbocycles. The van der Waals surface area contributed by atoms with Gasteiger partial charge in [-0.3, -0.25) is 14.9 Å². The molecule has 0 bridgehead atoms. The fourth-order valence-corrected chi connectivity index (χ4v) is 3.71.